The molecule has 0 spiro atoms. The van der Waals surface area contributed by atoms with E-state index in [4.69, 9.17) is 0 Å². The molecule has 0 unspecified atom stereocenters. The largest absolute Gasteiger partial charge is 0.308 e. The molecular formula is C53H27N7. The van der Waals surface area contributed by atoms with Crippen LogP contribution < -0.4 is 0 Å². The number of aromatic nitrogens is 2. The lowest BCUT2D eigenvalue weighted by molar-refractivity contribution is 1.13. The van der Waals surface area contributed by atoms with E-state index in [1.54, 1.807) is 18.2 Å². The average Bonchev–Trinajstić information content (AvgIpc) is 3.83. The fourth-order valence-electron chi connectivity index (χ4n) is 8.52. The number of hydrogen-bond acceptors (Lipinski definition) is 5. The Morgan fingerprint density at radius 1 is 0.283 bits per heavy atom. The maximum absolute atomic E-state index is 10.8. The van der Waals surface area contributed by atoms with Gasteiger partial charge in [-0.2, -0.15) is 26.3 Å². The lowest BCUT2D eigenvalue weighted by Crippen LogP contribution is -2.05. The van der Waals surface area contributed by atoms with E-state index in [9.17, 15) is 26.3 Å². The highest BCUT2D eigenvalue weighted by Crippen LogP contribution is 2.44. The number of para-hydroxylation sites is 2. The summed E-state index contributed by atoms with van der Waals surface area (Å²) in [6, 6.07) is 64.4. The maximum Gasteiger partial charge on any atom is 0.0993 e. The first kappa shape index (κ1) is 35.2. The molecule has 0 aliphatic rings. The van der Waals surface area contributed by atoms with Gasteiger partial charge in [0.1, 0.15) is 0 Å². The van der Waals surface area contributed by atoms with Gasteiger partial charge in [-0.25, -0.2) is 0 Å². The molecule has 2 aromatic heterocycles. The van der Waals surface area contributed by atoms with Crippen LogP contribution in [0.3, 0.4) is 0 Å². The Kier molecular flexibility index (Phi) is 8.27. The molecule has 0 atom stereocenters. The number of benzene rings is 8. The highest BCUT2D eigenvalue weighted by atomic mass is 15.0. The molecule has 2 heterocycles. The van der Waals surface area contributed by atoms with Gasteiger partial charge in [-0.3, -0.25) is 0 Å². The third kappa shape index (κ3) is 5.63. The second-order valence-electron chi connectivity index (χ2n) is 14.6. The fourth-order valence-corrected chi connectivity index (χ4v) is 8.52. The van der Waals surface area contributed by atoms with Gasteiger partial charge in [0.2, 0.25) is 0 Å². The van der Waals surface area contributed by atoms with Crippen LogP contribution in [0.5, 0.6) is 0 Å². The maximum atomic E-state index is 10.8. The van der Waals surface area contributed by atoms with E-state index in [-0.39, 0.29) is 0 Å². The Balaban J connectivity index is 1.36. The third-order valence-corrected chi connectivity index (χ3v) is 11.2. The Labute approximate surface area is 344 Å². The summed E-state index contributed by atoms with van der Waals surface area (Å²) in [6.45, 7) is 0. The molecule has 10 aromatic rings. The molecule has 0 aliphatic heterocycles. The summed E-state index contributed by atoms with van der Waals surface area (Å²) < 4.78 is 4.36. The lowest BCUT2D eigenvalue weighted by Gasteiger charge is -2.21. The monoisotopic (exact) mass is 761 g/mol. The molecule has 0 N–H and O–H groups in total. The molecule has 0 aliphatic carbocycles. The van der Waals surface area contributed by atoms with Crippen molar-refractivity contribution in [3.05, 3.63) is 192 Å². The van der Waals surface area contributed by atoms with Crippen molar-refractivity contribution in [2.75, 3.05) is 0 Å². The SMILES string of the molecule is N#Cc1ccc(-c2ccc3c4ccccc4n(-c4cc(C#N)cc(-n5c6ccccc6c6ccc(-c7ccc(C#N)cc7)cc65)c4-c4cc(C#N)cc(C#N)c4)c3c2)cc1. The predicted octanol–water partition coefficient (Wildman–Crippen LogP) is 12.2. The Morgan fingerprint density at radius 3 is 1.07 bits per heavy atom. The Bertz CT molecular complexity index is 3410. The number of rotatable bonds is 5. The van der Waals surface area contributed by atoms with Crippen LogP contribution in [-0.4, -0.2) is 9.13 Å². The van der Waals surface area contributed by atoms with Crippen molar-refractivity contribution in [3.8, 4) is 75.1 Å². The highest BCUT2D eigenvalue weighted by Gasteiger charge is 2.24. The van der Waals surface area contributed by atoms with Crippen LogP contribution in [0.25, 0.3) is 88.4 Å². The minimum atomic E-state index is 0.334. The minimum absolute atomic E-state index is 0.334. The van der Waals surface area contributed by atoms with Crippen LogP contribution in [0.1, 0.15) is 27.8 Å². The summed E-state index contributed by atoms with van der Waals surface area (Å²) in [5, 5.41) is 54.4. The van der Waals surface area contributed by atoms with Crippen molar-refractivity contribution in [2.24, 2.45) is 0 Å². The van der Waals surface area contributed by atoms with Crippen LogP contribution in [0.2, 0.25) is 0 Å². The van der Waals surface area contributed by atoms with E-state index >= 15 is 0 Å². The first-order valence-corrected chi connectivity index (χ1v) is 19.1. The lowest BCUT2D eigenvalue weighted by atomic mass is 9.95. The van der Waals surface area contributed by atoms with E-state index in [1.165, 1.54) is 0 Å². The summed E-state index contributed by atoms with van der Waals surface area (Å²) in [6.07, 6.45) is 0. The van der Waals surface area contributed by atoms with Crippen molar-refractivity contribution in [2.45, 2.75) is 0 Å². The van der Waals surface area contributed by atoms with Crippen molar-refractivity contribution >= 4 is 43.6 Å². The van der Waals surface area contributed by atoms with E-state index < -0.39 is 0 Å². The number of hydrogen-bond donors (Lipinski definition) is 0. The first-order valence-electron chi connectivity index (χ1n) is 19.1. The average molecular weight is 762 g/mol. The van der Waals surface area contributed by atoms with Gasteiger partial charge in [0.15, 0.2) is 0 Å². The van der Waals surface area contributed by atoms with Crippen molar-refractivity contribution < 1.29 is 0 Å². The van der Waals surface area contributed by atoms with Crippen molar-refractivity contribution in [1.29, 1.82) is 26.3 Å². The molecule has 7 nitrogen and oxygen atoms in total. The smallest absolute Gasteiger partial charge is 0.0993 e. The van der Waals surface area contributed by atoms with Crippen molar-refractivity contribution in [1.82, 2.24) is 9.13 Å². The van der Waals surface area contributed by atoms with E-state index in [0.717, 1.165) is 71.4 Å². The molecule has 60 heavy (non-hydrogen) atoms. The van der Waals surface area contributed by atoms with Gasteiger partial charge >= 0.3 is 0 Å². The minimum Gasteiger partial charge on any atom is -0.308 e. The molecule has 7 heteroatoms. The van der Waals surface area contributed by atoms with E-state index in [2.05, 4.69) is 100 Å². The normalized spacial score (nSPS) is 10.9. The summed E-state index contributed by atoms with van der Waals surface area (Å²) in [4.78, 5) is 0. The summed E-state index contributed by atoms with van der Waals surface area (Å²) >= 11 is 0. The molecular weight excluding hydrogens is 735 g/mol. The van der Waals surface area contributed by atoms with E-state index in [1.807, 2.05) is 84.9 Å². The zero-order valence-electron chi connectivity index (χ0n) is 31.7. The number of nitrogens with zero attached hydrogens (tertiary/aromatic N) is 7. The molecule has 0 bridgehead atoms. The summed E-state index contributed by atoms with van der Waals surface area (Å²) in [7, 11) is 0. The van der Waals surface area contributed by atoms with Crippen LogP contribution in [0.15, 0.2) is 164 Å². The second-order valence-corrected chi connectivity index (χ2v) is 14.6. The summed E-state index contributed by atoms with van der Waals surface area (Å²) in [5.74, 6) is 0. The van der Waals surface area contributed by atoms with Gasteiger partial charge in [0, 0.05) is 27.1 Å². The van der Waals surface area contributed by atoms with Crippen molar-refractivity contribution in [3.63, 3.8) is 0 Å². The molecule has 0 radical (unpaired) electrons. The molecule has 274 valence electrons. The molecule has 0 saturated carbocycles. The predicted molar refractivity (Wildman–Crippen MR) is 235 cm³/mol. The summed E-state index contributed by atoms with van der Waals surface area (Å²) in [5.41, 5.74) is 12.4. The molecule has 0 saturated heterocycles. The third-order valence-electron chi connectivity index (χ3n) is 11.2. The van der Waals surface area contributed by atoms with Gasteiger partial charge in [-0.15, -0.1) is 0 Å². The quantitative estimate of drug-likeness (QED) is 0.172. The molecule has 10 rings (SSSR count). The van der Waals surface area contributed by atoms with Gasteiger partial charge in [0.05, 0.1) is 91.6 Å². The van der Waals surface area contributed by atoms with Gasteiger partial charge in [-0.1, -0.05) is 84.9 Å². The number of fused-ring (bicyclic) bond motifs is 6. The fraction of sp³-hybridized carbons (Fsp3) is 0. The van der Waals surface area contributed by atoms with E-state index in [0.29, 0.717) is 44.8 Å². The van der Waals surface area contributed by atoms with Crippen LogP contribution >= 0.6 is 0 Å². The Hall–Kier alpha value is -9.19. The van der Waals surface area contributed by atoms with Crippen LogP contribution in [-0.2, 0) is 0 Å². The zero-order chi connectivity index (χ0) is 40.9. The standard InChI is InChI=1S/C53H27N7/c54-28-33-9-13-38(14-10-33)40-17-19-45-43-5-1-3-7-47(43)59(49(45)26-40)51-24-37(32-58)25-52(53(51)42-22-35(30-56)21-36(23-42)31-57)60-48-8-4-2-6-44(48)46-20-18-41(27-50(46)60)39-15-11-34(29-55)12-16-39/h1-27H. The van der Waals surface area contributed by atoms with Crippen LogP contribution in [0, 0.1) is 56.7 Å². The number of nitriles is 5. The van der Waals surface area contributed by atoms with Crippen LogP contribution in [0.4, 0.5) is 0 Å². The molecule has 0 fully saturated rings. The molecule has 0 amide bonds. The van der Waals surface area contributed by atoms with Gasteiger partial charge in [-0.05, 0) is 107 Å². The Morgan fingerprint density at radius 2 is 0.650 bits per heavy atom. The highest BCUT2D eigenvalue weighted by molar-refractivity contribution is 6.13. The van der Waals surface area contributed by atoms with Gasteiger partial charge in [0.25, 0.3) is 0 Å². The first-order chi connectivity index (χ1) is 29.5. The van der Waals surface area contributed by atoms with Gasteiger partial charge < -0.3 is 9.13 Å². The topological polar surface area (TPSA) is 129 Å². The second kappa shape index (κ2) is 14.1. The molecule has 8 aromatic carbocycles. The zero-order valence-corrected chi connectivity index (χ0v) is 31.7.